The normalized spacial score (nSPS) is 11.2. The molecule has 0 saturated heterocycles. The molecule has 0 radical (unpaired) electrons. The maximum atomic E-state index is 13.9. The predicted octanol–water partition coefficient (Wildman–Crippen LogP) is 3.52. The van der Waals surface area contributed by atoms with Crippen LogP contribution in [0.5, 0.6) is 0 Å². The lowest BCUT2D eigenvalue weighted by Gasteiger charge is -2.20. The predicted molar refractivity (Wildman–Crippen MR) is 86.8 cm³/mol. The molecular weight excluding hydrogens is 299 g/mol. The largest absolute Gasteiger partial charge is 0.444 e. The molecule has 1 heterocycles. The lowest BCUT2D eigenvalue weighted by atomic mass is 10.2. The molecule has 0 aliphatic heterocycles. The van der Waals surface area contributed by atoms with Gasteiger partial charge in [-0.15, -0.1) is 0 Å². The number of amides is 1. The molecule has 0 fully saturated rings. The molecule has 0 aliphatic carbocycles. The number of carbonyl (C=O) groups excluding carboxylic acids is 1. The average molecular weight is 320 g/mol. The molecule has 2 rings (SSSR count). The molecule has 0 spiro atoms. The van der Waals surface area contributed by atoms with Crippen molar-refractivity contribution in [2.45, 2.75) is 32.9 Å². The third-order valence-electron chi connectivity index (χ3n) is 2.99. The molecular formula is C16H21FN4O2. The standard InChI is InChI=1S/C16H21FN4O2/c1-16(2,3)23-15(22)20-11-5-6-13(17)14(7-11)19-9-12-8-18-10-21(12)4/h5-8,10,19H,9H2,1-4H3,(H,20,22). The second kappa shape index (κ2) is 6.68. The number of aromatic nitrogens is 2. The summed E-state index contributed by atoms with van der Waals surface area (Å²) in [5.41, 5.74) is 1.06. The smallest absolute Gasteiger partial charge is 0.412 e. The van der Waals surface area contributed by atoms with E-state index in [0.29, 0.717) is 17.9 Å². The molecule has 0 unspecified atom stereocenters. The number of rotatable bonds is 4. The number of ether oxygens (including phenoxy) is 1. The van der Waals surface area contributed by atoms with E-state index in [4.69, 9.17) is 4.74 Å². The first-order chi connectivity index (χ1) is 10.7. The van der Waals surface area contributed by atoms with E-state index in [1.165, 1.54) is 18.2 Å². The molecule has 7 heteroatoms. The Bertz CT molecular complexity index is 692. The lowest BCUT2D eigenvalue weighted by Crippen LogP contribution is -2.27. The fourth-order valence-corrected chi connectivity index (χ4v) is 1.90. The van der Waals surface area contributed by atoms with Gasteiger partial charge in [0.15, 0.2) is 0 Å². The van der Waals surface area contributed by atoms with Crippen LogP contribution in [0.25, 0.3) is 0 Å². The van der Waals surface area contributed by atoms with Gasteiger partial charge in [-0.25, -0.2) is 14.2 Å². The summed E-state index contributed by atoms with van der Waals surface area (Å²) in [6, 6.07) is 4.29. The van der Waals surface area contributed by atoms with Crippen LogP contribution in [0.3, 0.4) is 0 Å². The highest BCUT2D eigenvalue weighted by atomic mass is 19.1. The van der Waals surface area contributed by atoms with Crippen molar-refractivity contribution >= 4 is 17.5 Å². The van der Waals surface area contributed by atoms with Crippen LogP contribution in [-0.4, -0.2) is 21.2 Å². The van der Waals surface area contributed by atoms with Crippen molar-refractivity contribution in [3.8, 4) is 0 Å². The SMILES string of the molecule is Cn1cncc1CNc1cc(NC(=O)OC(C)(C)C)ccc1F. The Morgan fingerprint density at radius 1 is 1.39 bits per heavy atom. The fourth-order valence-electron chi connectivity index (χ4n) is 1.90. The molecule has 1 aromatic carbocycles. The Morgan fingerprint density at radius 2 is 2.13 bits per heavy atom. The molecule has 0 atom stereocenters. The highest BCUT2D eigenvalue weighted by Crippen LogP contribution is 2.21. The van der Waals surface area contributed by atoms with Gasteiger partial charge in [0, 0.05) is 18.9 Å². The quantitative estimate of drug-likeness (QED) is 0.904. The summed E-state index contributed by atoms with van der Waals surface area (Å²) >= 11 is 0. The maximum Gasteiger partial charge on any atom is 0.412 e. The highest BCUT2D eigenvalue weighted by Gasteiger charge is 2.16. The molecule has 2 N–H and O–H groups in total. The molecule has 2 aromatic rings. The average Bonchev–Trinajstić information content (AvgIpc) is 2.83. The lowest BCUT2D eigenvalue weighted by molar-refractivity contribution is 0.0636. The van der Waals surface area contributed by atoms with E-state index in [1.54, 1.807) is 33.3 Å². The molecule has 124 valence electrons. The van der Waals surface area contributed by atoms with Crippen LogP contribution in [0.1, 0.15) is 26.5 Å². The summed E-state index contributed by atoms with van der Waals surface area (Å²) < 4.78 is 20.9. The minimum atomic E-state index is -0.593. The van der Waals surface area contributed by atoms with Gasteiger partial charge in [-0.1, -0.05) is 0 Å². The van der Waals surface area contributed by atoms with Crippen LogP contribution in [-0.2, 0) is 18.3 Å². The summed E-state index contributed by atoms with van der Waals surface area (Å²) in [6.07, 6.45) is 2.79. The van der Waals surface area contributed by atoms with E-state index in [2.05, 4.69) is 15.6 Å². The van der Waals surface area contributed by atoms with Crippen molar-refractivity contribution in [3.05, 3.63) is 42.2 Å². The number of nitrogens with one attached hydrogen (secondary N) is 2. The number of carbonyl (C=O) groups is 1. The van der Waals surface area contributed by atoms with Gasteiger partial charge in [-0.05, 0) is 39.0 Å². The van der Waals surface area contributed by atoms with Crippen molar-refractivity contribution in [1.82, 2.24) is 9.55 Å². The van der Waals surface area contributed by atoms with E-state index in [9.17, 15) is 9.18 Å². The van der Waals surface area contributed by atoms with Crippen LogP contribution in [0, 0.1) is 5.82 Å². The number of halogens is 1. The third-order valence-corrected chi connectivity index (χ3v) is 2.99. The minimum Gasteiger partial charge on any atom is -0.444 e. The number of benzene rings is 1. The molecule has 1 aromatic heterocycles. The fraction of sp³-hybridized carbons (Fsp3) is 0.375. The Labute approximate surface area is 134 Å². The number of nitrogens with zero attached hydrogens (tertiary/aromatic N) is 2. The topological polar surface area (TPSA) is 68.2 Å². The van der Waals surface area contributed by atoms with E-state index < -0.39 is 17.5 Å². The van der Waals surface area contributed by atoms with Gasteiger partial charge in [-0.3, -0.25) is 5.32 Å². The van der Waals surface area contributed by atoms with Gasteiger partial charge in [0.05, 0.1) is 24.3 Å². The summed E-state index contributed by atoms with van der Waals surface area (Å²) in [4.78, 5) is 15.8. The van der Waals surface area contributed by atoms with Gasteiger partial charge in [0.1, 0.15) is 11.4 Å². The van der Waals surface area contributed by atoms with Crippen molar-refractivity contribution in [2.24, 2.45) is 7.05 Å². The molecule has 0 bridgehead atoms. The monoisotopic (exact) mass is 320 g/mol. The minimum absolute atomic E-state index is 0.291. The second-order valence-corrected chi connectivity index (χ2v) is 6.17. The molecule has 0 saturated carbocycles. The van der Waals surface area contributed by atoms with E-state index in [0.717, 1.165) is 5.69 Å². The number of hydrogen-bond donors (Lipinski definition) is 2. The van der Waals surface area contributed by atoms with Crippen molar-refractivity contribution < 1.29 is 13.9 Å². The number of aryl methyl sites for hydroxylation is 1. The van der Waals surface area contributed by atoms with Crippen LogP contribution in [0.4, 0.5) is 20.6 Å². The molecule has 1 amide bonds. The van der Waals surface area contributed by atoms with E-state index in [-0.39, 0.29) is 0 Å². The Hall–Kier alpha value is -2.57. The van der Waals surface area contributed by atoms with Gasteiger partial charge in [0.25, 0.3) is 0 Å². The Kier molecular flexibility index (Phi) is 4.88. The van der Waals surface area contributed by atoms with Crippen LogP contribution >= 0.6 is 0 Å². The zero-order chi connectivity index (χ0) is 17.0. The van der Waals surface area contributed by atoms with Gasteiger partial charge in [0.2, 0.25) is 0 Å². The molecule has 0 aliphatic rings. The van der Waals surface area contributed by atoms with Crippen molar-refractivity contribution in [1.29, 1.82) is 0 Å². The zero-order valence-electron chi connectivity index (χ0n) is 13.7. The van der Waals surface area contributed by atoms with Crippen molar-refractivity contribution in [3.63, 3.8) is 0 Å². The van der Waals surface area contributed by atoms with E-state index in [1.807, 2.05) is 11.6 Å². The highest BCUT2D eigenvalue weighted by molar-refractivity contribution is 5.85. The Morgan fingerprint density at radius 3 is 2.74 bits per heavy atom. The number of imidazole rings is 1. The first kappa shape index (κ1) is 16.8. The van der Waals surface area contributed by atoms with Crippen LogP contribution in [0.2, 0.25) is 0 Å². The maximum absolute atomic E-state index is 13.9. The summed E-state index contributed by atoms with van der Waals surface area (Å²) in [7, 11) is 1.86. The van der Waals surface area contributed by atoms with Gasteiger partial charge in [-0.2, -0.15) is 0 Å². The van der Waals surface area contributed by atoms with Gasteiger partial charge >= 0.3 is 6.09 Å². The van der Waals surface area contributed by atoms with E-state index >= 15 is 0 Å². The molecule has 23 heavy (non-hydrogen) atoms. The summed E-state index contributed by atoms with van der Waals surface area (Å²) in [5, 5.41) is 5.58. The van der Waals surface area contributed by atoms with Crippen LogP contribution in [0.15, 0.2) is 30.7 Å². The third kappa shape index (κ3) is 4.98. The van der Waals surface area contributed by atoms with Gasteiger partial charge < -0.3 is 14.6 Å². The second-order valence-electron chi connectivity index (χ2n) is 6.17. The zero-order valence-corrected chi connectivity index (χ0v) is 13.7. The number of hydrogen-bond acceptors (Lipinski definition) is 4. The first-order valence-electron chi connectivity index (χ1n) is 7.23. The Balaban J connectivity index is 2.04. The van der Waals surface area contributed by atoms with Crippen molar-refractivity contribution in [2.75, 3.05) is 10.6 Å². The van der Waals surface area contributed by atoms with Crippen LogP contribution < -0.4 is 10.6 Å². The summed E-state index contributed by atoms with van der Waals surface area (Å²) in [5.74, 6) is -0.401. The molecule has 6 nitrogen and oxygen atoms in total. The number of anilines is 2. The first-order valence-corrected chi connectivity index (χ1v) is 7.23. The summed E-state index contributed by atoms with van der Waals surface area (Å²) in [6.45, 7) is 5.75.